The standard InChI is InChI=1S/C13H16ClNO5S/c14-4-2-1-3-10(16)9-7-11-13(20-6-5-19-11)12(8-9)21(15,17)18/h7-8H,1-6H2,(H2,15,17,18). The van der Waals surface area contributed by atoms with Gasteiger partial charge in [0.25, 0.3) is 0 Å². The lowest BCUT2D eigenvalue weighted by molar-refractivity contribution is 0.0978. The number of benzene rings is 1. The third-order valence-electron chi connectivity index (χ3n) is 3.02. The molecule has 1 aliphatic heterocycles. The molecule has 0 atom stereocenters. The normalized spacial score (nSPS) is 14.0. The van der Waals surface area contributed by atoms with Crippen LogP contribution in [-0.2, 0) is 10.0 Å². The summed E-state index contributed by atoms with van der Waals surface area (Å²) < 4.78 is 34.0. The molecule has 0 unspecified atom stereocenters. The molecule has 0 fully saturated rings. The molecule has 0 bridgehead atoms. The van der Waals surface area contributed by atoms with E-state index in [2.05, 4.69) is 0 Å². The van der Waals surface area contributed by atoms with Crippen LogP contribution < -0.4 is 14.6 Å². The van der Waals surface area contributed by atoms with E-state index >= 15 is 0 Å². The first-order valence-corrected chi connectivity index (χ1v) is 8.57. The predicted molar refractivity (Wildman–Crippen MR) is 77.7 cm³/mol. The number of carbonyl (C=O) groups is 1. The van der Waals surface area contributed by atoms with Crippen LogP contribution in [0.2, 0.25) is 0 Å². The number of alkyl halides is 1. The summed E-state index contributed by atoms with van der Waals surface area (Å²) in [5.41, 5.74) is 0.248. The molecule has 1 heterocycles. The lowest BCUT2D eigenvalue weighted by atomic mass is 10.0. The molecule has 116 valence electrons. The average molecular weight is 334 g/mol. The minimum absolute atomic E-state index is 0.0704. The molecule has 0 aromatic heterocycles. The van der Waals surface area contributed by atoms with Crippen molar-refractivity contribution in [3.05, 3.63) is 17.7 Å². The summed E-state index contributed by atoms with van der Waals surface area (Å²) in [7, 11) is -4.00. The molecule has 0 spiro atoms. The van der Waals surface area contributed by atoms with E-state index in [9.17, 15) is 13.2 Å². The smallest absolute Gasteiger partial charge is 0.241 e. The van der Waals surface area contributed by atoms with Gasteiger partial charge >= 0.3 is 0 Å². The van der Waals surface area contributed by atoms with E-state index in [4.69, 9.17) is 26.2 Å². The predicted octanol–water partition coefficient (Wildman–Crippen LogP) is 1.70. The fourth-order valence-electron chi connectivity index (χ4n) is 2.02. The molecular weight excluding hydrogens is 318 g/mol. The monoisotopic (exact) mass is 333 g/mol. The molecule has 1 aliphatic rings. The Labute approximate surface area is 128 Å². The summed E-state index contributed by atoms with van der Waals surface area (Å²) in [5.74, 6) is 0.605. The molecule has 0 aliphatic carbocycles. The Morgan fingerprint density at radius 2 is 1.95 bits per heavy atom. The zero-order valence-corrected chi connectivity index (χ0v) is 12.9. The first kappa shape index (κ1) is 16.1. The van der Waals surface area contributed by atoms with Crippen molar-refractivity contribution in [2.75, 3.05) is 19.1 Å². The van der Waals surface area contributed by atoms with Crippen molar-refractivity contribution in [3.63, 3.8) is 0 Å². The second kappa shape index (κ2) is 6.64. The quantitative estimate of drug-likeness (QED) is 0.485. The summed E-state index contributed by atoms with van der Waals surface area (Å²) in [6, 6.07) is 2.73. The molecule has 6 nitrogen and oxygen atoms in total. The summed E-state index contributed by atoms with van der Waals surface area (Å²) in [5, 5.41) is 5.18. The molecule has 21 heavy (non-hydrogen) atoms. The third-order valence-corrected chi connectivity index (χ3v) is 4.21. The Hall–Kier alpha value is -1.31. The number of fused-ring (bicyclic) bond motifs is 1. The number of unbranched alkanes of at least 4 members (excludes halogenated alkanes) is 1. The van der Waals surface area contributed by atoms with E-state index in [1.54, 1.807) is 0 Å². The Morgan fingerprint density at radius 3 is 2.62 bits per heavy atom. The minimum Gasteiger partial charge on any atom is -0.486 e. The van der Waals surface area contributed by atoms with Crippen molar-refractivity contribution in [1.29, 1.82) is 0 Å². The Kier molecular flexibility index (Phi) is 5.08. The first-order valence-electron chi connectivity index (χ1n) is 6.49. The summed E-state index contributed by atoms with van der Waals surface area (Å²) >= 11 is 5.57. The molecule has 2 rings (SSSR count). The Morgan fingerprint density at radius 1 is 1.24 bits per heavy atom. The van der Waals surface area contributed by atoms with Crippen LogP contribution in [0.3, 0.4) is 0 Å². The maximum atomic E-state index is 12.1. The van der Waals surface area contributed by atoms with E-state index in [0.717, 1.165) is 6.42 Å². The van der Waals surface area contributed by atoms with Gasteiger partial charge in [0.1, 0.15) is 18.1 Å². The third kappa shape index (κ3) is 3.87. The molecule has 2 N–H and O–H groups in total. The van der Waals surface area contributed by atoms with Gasteiger partial charge in [0.15, 0.2) is 17.3 Å². The van der Waals surface area contributed by atoms with E-state index in [-0.39, 0.29) is 40.8 Å². The lowest BCUT2D eigenvalue weighted by Crippen LogP contribution is -2.21. The van der Waals surface area contributed by atoms with Gasteiger partial charge in [-0.25, -0.2) is 13.6 Å². The highest BCUT2D eigenvalue weighted by atomic mass is 35.5. The van der Waals surface area contributed by atoms with Gasteiger partial charge in [-0.05, 0) is 25.0 Å². The molecule has 1 aromatic carbocycles. The largest absolute Gasteiger partial charge is 0.486 e. The second-order valence-corrected chi connectivity index (χ2v) is 6.52. The van der Waals surface area contributed by atoms with Gasteiger partial charge in [0, 0.05) is 17.9 Å². The van der Waals surface area contributed by atoms with E-state index in [1.165, 1.54) is 12.1 Å². The Bertz CT molecular complexity index is 644. The van der Waals surface area contributed by atoms with Gasteiger partial charge in [0.05, 0.1) is 0 Å². The van der Waals surface area contributed by atoms with Crippen molar-refractivity contribution in [2.45, 2.75) is 24.2 Å². The minimum atomic E-state index is -4.00. The number of sulfonamides is 1. The number of Topliss-reactive ketones (excluding diaryl/α,β-unsaturated/α-hetero) is 1. The van der Waals surface area contributed by atoms with Crippen LogP contribution in [0.4, 0.5) is 0 Å². The lowest BCUT2D eigenvalue weighted by Gasteiger charge is -2.21. The topological polar surface area (TPSA) is 95.7 Å². The molecule has 0 amide bonds. The van der Waals surface area contributed by atoms with Gasteiger partial charge in [-0.3, -0.25) is 4.79 Å². The van der Waals surface area contributed by atoms with Crippen LogP contribution >= 0.6 is 11.6 Å². The number of rotatable bonds is 6. The van der Waals surface area contributed by atoms with Crippen molar-refractivity contribution in [3.8, 4) is 11.5 Å². The number of hydrogen-bond donors (Lipinski definition) is 1. The maximum absolute atomic E-state index is 12.1. The number of ether oxygens (including phenoxy) is 2. The van der Waals surface area contributed by atoms with Crippen LogP contribution in [0, 0.1) is 0 Å². The summed E-state index contributed by atoms with van der Waals surface area (Å²) in [6.45, 7) is 0.527. The second-order valence-electron chi connectivity index (χ2n) is 4.61. The molecular formula is C13H16ClNO5S. The van der Waals surface area contributed by atoms with Gasteiger partial charge in [0.2, 0.25) is 10.0 Å². The average Bonchev–Trinajstić information content (AvgIpc) is 2.45. The fraction of sp³-hybridized carbons (Fsp3) is 0.462. The van der Waals surface area contributed by atoms with Gasteiger partial charge in [-0.2, -0.15) is 0 Å². The van der Waals surface area contributed by atoms with Crippen molar-refractivity contribution in [2.24, 2.45) is 5.14 Å². The van der Waals surface area contributed by atoms with Gasteiger partial charge < -0.3 is 9.47 Å². The zero-order valence-electron chi connectivity index (χ0n) is 11.3. The van der Waals surface area contributed by atoms with Crippen molar-refractivity contribution in [1.82, 2.24) is 0 Å². The number of carbonyl (C=O) groups excluding carboxylic acids is 1. The van der Waals surface area contributed by atoms with E-state index < -0.39 is 10.0 Å². The highest BCUT2D eigenvalue weighted by molar-refractivity contribution is 7.89. The highest BCUT2D eigenvalue weighted by Crippen LogP contribution is 2.37. The maximum Gasteiger partial charge on any atom is 0.241 e. The summed E-state index contributed by atoms with van der Waals surface area (Å²) in [4.78, 5) is 11.9. The number of nitrogens with two attached hydrogens (primary N) is 1. The first-order chi connectivity index (χ1) is 9.93. The van der Waals surface area contributed by atoms with Crippen molar-refractivity contribution < 1.29 is 22.7 Å². The van der Waals surface area contributed by atoms with E-state index in [0.29, 0.717) is 18.9 Å². The molecule has 0 radical (unpaired) electrons. The summed E-state index contributed by atoms with van der Waals surface area (Å²) in [6.07, 6.45) is 1.65. The van der Waals surface area contributed by atoms with E-state index in [1.807, 2.05) is 0 Å². The number of primary sulfonamides is 1. The van der Waals surface area contributed by atoms with Crippen LogP contribution in [0.5, 0.6) is 11.5 Å². The highest BCUT2D eigenvalue weighted by Gasteiger charge is 2.25. The zero-order chi connectivity index (χ0) is 15.5. The molecule has 8 heteroatoms. The van der Waals surface area contributed by atoms with Crippen LogP contribution in [0.1, 0.15) is 29.6 Å². The fourth-order valence-corrected chi connectivity index (χ4v) is 2.92. The molecule has 0 saturated carbocycles. The van der Waals surface area contributed by atoms with Gasteiger partial charge in [-0.1, -0.05) is 0 Å². The SMILES string of the molecule is NS(=O)(=O)c1cc(C(=O)CCCCCl)cc2c1OCCO2. The van der Waals surface area contributed by atoms with Gasteiger partial charge in [-0.15, -0.1) is 11.6 Å². The van der Waals surface area contributed by atoms with Crippen LogP contribution in [0.25, 0.3) is 0 Å². The number of ketones is 1. The molecule has 1 aromatic rings. The van der Waals surface area contributed by atoms with Crippen LogP contribution in [0.15, 0.2) is 17.0 Å². The number of hydrogen-bond acceptors (Lipinski definition) is 5. The number of halogens is 1. The van der Waals surface area contributed by atoms with Crippen LogP contribution in [-0.4, -0.2) is 33.3 Å². The van der Waals surface area contributed by atoms with Crippen molar-refractivity contribution >= 4 is 27.4 Å². The Balaban J connectivity index is 2.37. The molecule has 0 saturated heterocycles.